The molecule has 4 rings (SSSR count). The summed E-state index contributed by atoms with van der Waals surface area (Å²) in [6.07, 6.45) is 3.86. The van der Waals surface area contributed by atoms with Crippen LogP contribution >= 0.6 is 11.6 Å². The summed E-state index contributed by atoms with van der Waals surface area (Å²) < 4.78 is 1.86. The number of nitrogens with zero attached hydrogens (tertiary/aromatic N) is 6. The maximum atomic E-state index is 12.6. The van der Waals surface area contributed by atoms with Crippen molar-refractivity contribution in [3.63, 3.8) is 0 Å². The Kier molecular flexibility index (Phi) is 7.25. The van der Waals surface area contributed by atoms with E-state index in [9.17, 15) is 4.79 Å². The molecule has 9 heteroatoms. The quantitative estimate of drug-likeness (QED) is 0.575. The number of carbonyl (C=O) groups is 1. The van der Waals surface area contributed by atoms with E-state index in [0.717, 1.165) is 66.9 Å². The van der Waals surface area contributed by atoms with Gasteiger partial charge in [0.15, 0.2) is 0 Å². The molecule has 2 aromatic heterocycles. The van der Waals surface area contributed by atoms with Crippen molar-refractivity contribution in [1.29, 1.82) is 0 Å². The number of halogens is 1. The lowest BCUT2D eigenvalue weighted by atomic mass is 10.1. The van der Waals surface area contributed by atoms with E-state index in [1.54, 1.807) is 12.4 Å². The zero-order chi connectivity index (χ0) is 23.4. The number of carbonyl (C=O) groups excluding carboxylic acids is 1. The third-order valence-electron chi connectivity index (χ3n) is 6.14. The molecule has 1 aromatic carbocycles. The van der Waals surface area contributed by atoms with E-state index in [0.29, 0.717) is 18.0 Å². The number of rotatable bonds is 7. The van der Waals surface area contributed by atoms with Crippen molar-refractivity contribution in [2.45, 2.75) is 27.2 Å². The Morgan fingerprint density at radius 1 is 1.09 bits per heavy atom. The van der Waals surface area contributed by atoms with Crippen LogP contribution in [0.25, 0.3) is 5.69 Å². The van der Waals surface area contributed by atoms with Gasteiger partial charge in [0.1, 0.15) is 0 Å². The molecular formula is C24H30ClN7O. The molecule has 1 saturated heterocycles. The molecule has 1 aliphatic rings. The fourth-order valence-electron chi connectivity index (χ4n) is 4.10. The Labute approximate surface area is 199 Å². The maximum Gasteiger partial charge on any atom is 0.225 e. The molecule has 0 aliphatic carbocycles. The minimum Gasteiger partial charge on any atom is -0.355 e. The number of piperazine rings is 1. The molecule has 0 spiro atoms. The SMILES string of the molecule is Cc1ccc(-n2nc(C)c(CC(=O)NCCN3CCN(c4ncccn4)CC3)c2C)cc1Cl. The third kappa shape index (κ3) is 5.51. The summed E-state index contributed by atoms with van der Waals surface area (Å²) in [5, 5.41) is 8.41. The van der Waals surface area contributed by atoms with Crippen molar-refractivity contribution < 1.29 is 4.79 Å². The molecule has 33 heavy (non-hydrogen) atoms. The van der Waals surface area contributed by atoms with Crippen LogP contribution in [0.15, 0.2) is 36.7 Å². The topological polar surface area (TPSA) is 79.2 Å². The molecule has 8 nitrogen and oxygen atoms in total. The van der Waals surface area contributed by atoms with Gasteiger partial charge in [0, 0.05) is 67.9 Å². The predicted octanol–water partition coefficient (Wildman–Crippen LogP) is 2.72. The van der Waals surface area contributed by atoms with Gasteiger partial charge in [-0.25, -0.2) is 14.6 Å². The Morgan fingerprint density at radius 2 is 1.82 bits per heavy atom. The van der Waals surface area contributed by atoms with Gasteiger partial charge < -0.3 is 10.2 Å². The molecule has 0 saturated carbocycles. The fourth-order valence-corrected chi connectivity index (χ4v) is 4.27. The number of nitrogens with one attached hydrogen (secondary N) is 1. The second-order valence-corrected chi connectivity index (χ2v) is 8.81. The highest BCUT2D eigenvalue weighted by Gasteiger charge is 2.19. The van der Waals surface area contributed by atoms with Gasteiger partial charge in [-0.3, -0.25) is 9.69 Å². The van der Waals surface area contributed by atoms with Crippen LogP contribution in [0.4, 0.5) is 5.95 Å². The Hall–Kier alpha value is -2.97. The Balaban J connectivity index is 1.27. The summed E-state index contributed by atoms with van der Waals surface area (Å²) in [5.41, 5.74) is 4.70. The van der Waals surface area contributed by atoms with Crippen molar-refractivity contribution in [1.82, 2.24) is 30.0 Å². The van der Waals surface area contributed by atoms with Crippen LogP contribution in [0.1, 0.15) is 22.5 Å². The summed E-state index contributed by atoms with van der Waals surface area (Å²) in [4.78, 5) is 25.8. The highest BCUT2D eigenvalue weighted by molar-refractivity contribution is 6.31. The molecule has 174 valence electrons. The smallest absolute Gasteiger partial charge is 0.225 e. The lowest BCUT2D eigenvalue weighted by Crippen LogP contribution is -2.49. The summed E-state index contributed by atoms with van der Waals surface area (Å²) in [6.45, 7) is 11.0. The van der Waals surface area contributed by atoms with E-state index in [-0.39, 0.29) is 5.91 Å². The first-order chi connectivity index (χ1) is 15.9. The minimum absolute atomic E-state index is 0.0130. The largest absolute Gasteiger partial charge is 0.355 e. The second kappa shape index (κ2) is 10.3. The molecule has 1 aliphatic heterocycles. The summed E-state index contributed by atoms with van der Waals surface area (Å²) in [5.74, 6) is 0.795. The number of hydrogen-bond donors (Lipinski definition) is 1. The first kappa shape index (κ1) is 23.2. The van der Waals surface area contributed by atoms with Gasteiger partial charge in [-0.15, -0.1) is 0 Å². The normalized spacial score (nSPS) is 14.5. The first-order valence-electron chi connectivity index (χ1n) is 11.2. The third-order valence-corrected chi connectivity index (χ3v) is 6.54. The maximum absolute atomic E-state index is 12.6. The minimum atomic E-state index is 0.0130. The van der Waals surface area contributed by atoms with Gasteiger partial charge in [0.25, 0.3) is 0 Å². The van der Waals surface area contributed by atoms with Crippen LogP contribution in [-0.4, -0.2) is 69.8 Å². The monoisotopic (exact) mass is 467 g/mol. The van der Waals surface area contributed by atoms with Crippen LogP contribution in [0.2, 0.25) is 5.02 Å². The van der Waals surface area contributed by atoms with E-state index < -0.39 is 0 Å². The van der Waals surface area contributed by atoms with Gasteiger partial charge in [0.05, 0.1) is 17.8 Å². The van der Waals surface area contributed by atoms with Crippen LogP contribution in [0.5, 0.6) is 0 Å². The summed E-state index contributed by atoms with van der Waals surface area (Å²) in [6, 6.07) is 7.71. The zero-order valence-corrected chi connectivity index (χ0v) is 20.1. The molecule has 0 bridgehead atoms. The number of anilines is 1. The highest BCUT2D eigenvalue weighted by Crippen LogP contribution is 2.23. The summed E-state index contributed by atoms with van der Waals surface area (Å²) >= 11 is 6.29. The lowest BCUT2D eigenvalue weighted by Gasteiger charge is -2.34. The molecule has 1 N–H and O–H groups in total. The van der Waals surface area contributed by atoms with Crippen molar-refractivity contribution in [2.75, 3.05) is 44.2 Å². The zero-order valence-electron chi connectivity index (χ0n) is 19.4. The molecule has 1 fully saturated rings. The van der Waals surface area contributed by atoms with Crippen LogP contribution < -0.4 is 10.2 Å². The number of benzene rings is 1. The molecule has 0 atom stereocenters. The van der Waals surface area contributed by atoms with E-state index in [2.05, 4.69) is 30.2 Å². The molecule has 0 radical (unpaired) electrons. The Bertz CT molecular complexity index is 1110. The molecule has 3 aromatic rings. The van der Waals surface area contributed by atoms with Crippen LogP contribution in [0, 0.1) is 20.8 Å². The average Bonchev–Trinajstić information content (AvgIpc) is 3.10. The van der Waals surface area contributed by atoms with Crippen LogP contribution in [-0.2, 0) is 11.2 Å². The predicted molar refractivity (Wildman–Crippen MR) is 130 cm³/mol. The molecule has 1 amide bonds. The van der Waals surface area contributed by atoms with Crippen LogP contribution in [0.3, 0.4) is 0 Å². The van der Waals surface area contributed by atoms with E-state index in [1.165, 1.54) is 0 Å². The van der Waals surface area contributed by atoms with E-state index in [1.807, 2.05) is 49.7 Å². The standard InChI is InChI=1S/C24H30ClN7O/c1-17-5-6-20(15-22(17)25)32-19(3)21(18(2)29-32)16-23(33)26-9-10-30-11-13-31(14-12-30)24-27-7-4-8-28-24/h4-8,15H,9-14,16H2,1-3H3,(H,26,33). The first-order valence-corrected chi connectivity index (χ1v) is 11.6. The van der Waals surface area contributed by atoms with E-state index in [4.69, 9.17) is 11.6 Å². The number of aromatic nitrogens is 4. The van der Waals surface area contributed by atoms with Gasteiger partial charge in [-0.05, 0) is 44.5 Å². The van der Waals surface area contributed by atoms with Crippen molar-refractivity contribution >= 4 is 23.5 Å². The van der Waals surface area contributed by atoms with Gasteiger partial charge in [-0.2, -0.15) is 5.10 Å². The van der Waals surface area contributed by atoms with Crippen molar-refractivity contribution in [3.8, 4) is 5.69 Å². The van der Waals surface area contributed by atoms with Gasteiger partial charge >= 0.3 is 0 Å². The Morgan fingerprint density at radius 3 is 2.52 bits per heavy atom. The summed E-state index contributed by atoms with van der Waals surface area (Å²) in [7, 11) is 0. The highest BCUT2D eigenvalue weighted by atomic mass is 35.5. The average molecular weight is 468 g/mol. The molecular weight excluding hydrogens is 438 g/mol. The van der Waals surface area contributed by atoms with Crippen molar-refractivity contribution in [2.24, 2.45) is 0 Å². The number of aryl methyl sites for hydroxylation is 2. The fraction of sp³-hybridized carbons (Fsp3) is 0.417. The second-order valence-electron chi connectivity index (χ2n) is 8.40. The van der Waals surface area contributed by atoms with E-state index >= 15 is 0 Å². The van der Waals surface area contributed by atoms with Gasteiger partial charge in [-0.1, -0.05) is 17.7 Å². The number of amides is 1. The van der Waals surface area contributed by atoms with Gasteiger partial charge in [0.2, 0.25) is 11.9 Å². The number of hydrogen-bond acceptors (Lipinski definition) is 6. The van der Waals surface area contributed by atoms with Crippen molar-refractivity contribution in [3.05, 3.63) is 64.2 Å². The molecule has 0 unspecified atom stereocenters. The lowest BCUT2D eigenvalue weighted by molar-refractivity contribution is -0.120. The molecule has 3 heterocycles.